The molecule has 13 heavy (non-hydrogen) atoms. The summed E-state index contributed by atoms with van der Waals surface area (Å²) in [5.41, 5.74) is 4.64. The second kappa shape index (κ2) is 5.36. The van der Waals surface area contributed by atoms with E-state index in [0.717, 1.165) is 5.56 Å². The Morgan fingerprint density at radius 3 is 1.69 bits per heavy atom. The van der Waals surface area contributed by atoms with Crippen LogP contribution in [0.15, 0.2) is 12.1 Å². The Hall–Kier alpha value is 0.449. The minimum absolute atomic E-state index is 0. The van der Waals surface area contributed by atoms with E-state index >= 15 is 0 Å². The third-order valence-electron chi connectivity index (χ3n) is 1.96. The van der Waals surface area contributed by atoms with Gasteiger partial charge in [-0.25, -0.2) is 0 Å². The number of hydrogen-bond acceptors (Lipinski definition) is 0. The van der Waals surface area contributed by atoms with Crippen LogP contribution in [0.4, 0.5) is 0 Å². The first-order valence-electron chi connectivity index (χ1n) is 3.88. The third kappa shape index (κ3) is 3.25. The zero-order chi connectivity index (χ0) is 9.30. The van der Waals surface area contributed by atoms with Crippen molar-refractivity contribution < 1.29 is 20.1 Å². The van der Waals surface area contributed by atoms with Crippen molar-refractivity contribution in [3.05, 3.63) is 34.4 Å². The Morgan fingerprint density at radius 2 is 1.38 bits per heavy atom. The monoisotopic (exact) mass is 395 g/mol. The van der Waals surface area contributed by atoms with Gasteiger partial charge in [0.15, 0.2) is 0 Å². The molecule has 0 N–H and O–H groups in total. The van der Waals surface area contributed by atoms with E-state index in [-0.39, 0.29) is 20.1 Å². The molecule has 0 spiro atoms. The van der Waals surface area contributed by atoms with E-state index in [1.165, 1.54) is 16.7 Å². The average Bonchev–Trinajstić information content (AvgIpc) is 1.82. The summed E-state index contributed by atoms with van der Waals surface area (Å²) in [4.78, 5) is -0.411. The van der Waals surface area contributed by atoms with Crippen LogP contribution in [0, 0.1) is 20.8 Å². The third-order valence-corrected chi connectivity index (χ3v) is 2.39. The first kappa shape index (κ1) is 13.4. The van der Waals surface area contributed by atoms with Gasteiger partial charge in [-0.2, -0.15) is 0 Å². The molecule has 0 aromatic heterocycles. The number of hydrogen-bond donors (Lipinski definition) is 0. The van der Waals surface area contributed by atoms with E-state index in [9.17, 15) is 0 Å². The van der Waals surface area contributed by atoms with E-state index in [0.29, 0.717) is 0 Å². The maximum absolute atomic E-state index is 5.83. The summed E-state index contributed by atoms with van der Waals surface area (Å²) in [6.45, 7) is 6.14. The number of alkyl halides is 2. The molecule has 0 aliphatic rings. The van der Waals surface area contributed by atoms with Gasteiger partial charge in [0, 0.05) is 20.1 Å². The van der Waals surface area contributed by atoms with Gasteiger partial charge in [-0.05, 0) is 37.5 Å². The largest absolute Gasteiger partial charge is 0.133 e. The molecular weight excluding hydrogens is 383 g/mol. The quantitative estimate of drug-likeness (QED) is 0.629. The molecule has 1 rings (SSSR count). The van der Waals surface area contributed by atoms with Gasteiger partial charge in [-0.3, -0.25) is 0 Å². The molecule has 1 aromatic rings. The first-order chi connectivity index (χ1) is 5.52. The number of aryl methyl sites for hydroxylation is 3. The van der Waals surface area contributed by atoms with Crippen molar-refractivity contribution in [2.24, 2.45) is 0 Å². The van der Waals surface area contributed by atoms with Gasteiger partial charge in [0.2, 0.25) is 0 Å². The van der Waals surface area contributed by atoms with Gasteiger partial charge in [0.1, 0.15) is 4.84 Å². The fraction of sp³-hybridized carbons (Fsp3) is 0.400. The molecule has 0 amide bonds. The SMILES string of the molecule is Cc1cc(C)c(C(Cl)Cl)c(C)c1.[Ir]. The van der Waals surface area contributed by atoms with E-state index < -0.39 is 4.84 Å². The summed E-state index contributed by atoms with van der Waals surface area (Å²) in [6, 6.07) is 4.19. The number of benzene rings is 1. The molecular formula is C10H12Cl2Ir. The fourth-order valence-electron chi connectivity index (χ4n) is 1.54. The molecule has 0 saturated heterocycles. The van der Waals surface area contributed by atoms with Crippen LogP contribution in [0.3, 0.4) is 0 Å². The van der Waals surface area contributed by atoms with Crippen LogP contribution in [0.1, 0.15) is 27.1 Å². The maximum Gasteiger partial charge on any atom is 0.133 e. The summed E-state index contributed by atoms with van der Waals surface area (Å²) in [5.74, 6) is 0. The average molecular weight is 395 g/mol. The van der Waals surface area contributed by atoms with Gasteiger partial charge in [0.05, 0.1) is 0 Å². The molecule has 3 heteroatoms. The fourth-order valence-corrected chi connectivity index (χ4v) is 2.22. The molecule has 1 radical (unpaired) electrons. The Labute approximate surface area is 103 Å². The van der Waals surface area contributed by atoms with Crippen molar-refractivity contribution in [1.82, 2.24) is 0 Å². The number of halogens is 2. The standard InChI is InChI=1S/C10H12Cl2.Ir/c1-6-4-7(2)9(10(11)12)8(3)5-6;/h4-5,10H,1-3H3;. The van der Waals surface area contributed by atoms with E-state index in [1.54, 1.807) is 0 Å². The predicted octanol–water partition coefficient (Wildman–Crippen LogP) is 4.09. The molecule has 0 unspecified atom stereocenters. The maximum atomic E-state index is 5.83. The minimum atomic E-state index is -0.411. The molecule has 0 heterocycles. The second-order valence-electron chi connectivity index (χ2n) is 3.11. The summed E-state index contributed by atoms with van der Waals surface area (Å²) >= 11 is 11.7. The molecule has 0 aliphatic heterocycles. The minimum Gasteiger partial charge on any atom is -0.100 e. The van der Waals surface area contributed by atoms with Crippen molar-refractivity contribution in [3.63, 3.8) is 0 Å². The van der Waals surface area contributed by atoms with Gasteiger partial charge < -0.3 is 0 Å². The Kier molecular flexibility index (Phi) is 5.55. The van der Waals surface area contributed by atoms with Crippen LogP contribution in [0.5, 0.6) is 0 Å². The summed E-state index contributed by atoms with van der Waals surface area (Å²) in [5, 5.41) is 0. The predicted molar refractivity (Wildman–Crippen MR) is 55.1 cm³/mol. The summed E-state index contributed by atoms with van der Waals surface area (Å²) < 4.78 is 0. The van der Waals surface area contributed by atoms with Crippen molar-refractivity contribution >= 4 is 23.2 Å². The van der Waals surface area contributed by atoms with Gasteiger partial charge >= 0.3 is 0 Å². The van der Waals surface area contributed by atoms with Gasteiger partial charge in [-0.15, -0.1) is 23.2 Å². The van der Waals surface area contributed by atoms with E-state index in [2.05, 4.69) is 19.1 Å². The molecule has 0 bridgehead atoms. The van der Waals surface area contributed by atoms with Crippen molar-refractivity contribution in [2.75, 3.05) is 0 Å². The zero-order valence-electron chi connectivity index (χ0n) is 7.82. The second-order valence-corrected chi connectivity index (χ2v) is 4.21. The first-order valence-corrected chi connectivity index (χ1v) is 4.75. The summed E-state index contributed by atoms with van der Waals surface area (Å²) in [6.07, 6.45) is 0. The molecule has 1 aromatic carbocycles. The normalized spacial score (nSPS) is 10.0. The van der Waals surface area contributed by atoms with Gasteiger partial charge in [-0.1, -0.05) is 17.7 Å². The van der Waals surface area contributed by atoms with Crippen LogP contribution in [-0.2, 0) is 20.1 Å². The molecule has 0 fully saturated rings. The van der Waals surface area contributed by atoms with Gasteiger partial charge in [0.25, 0.3) is 0 Å². The Morgan fingerprint density at radius 1 is 1.00 bits per heavy atom. The molecule has 0 atom stereocenters. The molecule has 0 nitrogen and oxygen atoms in total. The molecule has 0 aliphatic carbocycles. The summed E-state index contributed by atoms with van der Waals surface area (Å²) in [7, 11) is 0. The number of rotatable bonds is 1. The van der Waals surface area contributed by atoms with Crippen LogP contribution in [0.25, 0.3) is 0 Å². The van der Waals surface area contributed by atoms with Crippen LogP contribution >= 0.6 is 23.2 Å². The van der Waals surface area contributed by atoms with Crippen molar-refractivity contribution in [3.8, 4) is 0 Å². The zero-order valence-corrected chi connectivity index (χ0v) is 11.7. The smallest absolute Gasteiger partial charge is 0.100 e. The topological polar surface area (TPSA) is 0 Å². The van der Waals surface area contributed by atoms with E-state index in [4.69, 9.17) is 23.2 Å². The Balaban J connectivity index is 0.00000144. The van der Waals surface area contributed by atoms with Crippen molar-refractivity contribution in [2.45, 2.75) is 25.6 Å². The molecule has 0 saturated carbocycles. The van der Waals surface area contributed by atoms with Crippen LogP contribution in [0.2, 0.25) is 0 Å². The van der Waals surface area contributed by atoms with Crippen LogP contribution in [-0.4, -0.2) is 0 Å². The van der Waals surface area contributed by atoms with E-state index in [1.807, 2.05) is 13.8 Å². The van der Waals surface area contributed by atoms with Crippen LogP contribution < -0.4 is 0 Å². The van der Waals surface area contributed by atoms with Crippen molar-refractivity contribution in [1.29, 1.82) is 0 Å². The molecule has 75 valence electrons. The Bertz CT molecular complexity index is 272.